The van der Waals surface area contributed by atoms with Crippen LogP contribution in [0.1, 0.15) is 24.2 Å². The van der Waals surface area contributed by atoms with Gasteiger partial charge in [0, 0.05) is 51.2 Å². The van der Waals surface area contributed by atoms with E-state index in [9.17, 15) is 4.79 Å². The molecule has 2 amide bonds. The van der Waals surface area contributed by atoms with E-state index in [2.05, 4.69) is 31.9 Å². The average molecular weight is 339 g/mol. The van der Waals surface area contributed by atoms with E-state index in [0.29, 0.717) is 6.54 Å². The van der Waals surface area contributed by atoms with Crippen molar-refractivity contribution in [2.75, 3.05) is 26.2 Å². The Morgan fingerprint density at radius 2 is 1.88 bits per heavy atom. The van der Waals surface area contributed by atoms with E-state index in [-0.39, 0.29) is 6.03 Å². The second-order valence-electron chi connectivity index (χ2n) is 6.87. The molecule has 4 rings (SSSR count). The van der Waals surface area contributed by atoms with Gasteiger partial charge in [-0.25, -0.2) is 9.78 Å². The molecule has 25 heavy (non-hydrogen) atoms. The normalized spacial score (nSPS) is 18.3. The summed E-state index contributed by atoms with van der Waals surface area (Å²) >= 11 is 0. The summed E-state index contributed by atoms with van der Waals surface area (Å²) in [7, 11) is 0. The molecule has 1 aromatic heterocycles. The van der Waals surface area contributed by atoms with Gasteiger partial charge in [-0.1, -0.05) is 30.3 Å². The van der Waals surface area contributed by atoms with Gasteiger partial charge in [0.2, 0.25) is 0 Å². The number of imidazole rings is 1. The first-order valence-electron chi connectivity index (χ1n) is 9.10. The zero-order valence-electron chi connectivity index (χ0n) is 14.5. The summed E-state index contributed by atoms with van der Waals surface area (Å²) in [5.41, 5.74) is 1.23. The molecule has 0 radical (unpaired) electrons. The first kappa shape index (κ1) is 16.1. The van der Waals surface area contributed by atoms with Crippen molar-refractivity contribution in [3.8, 4) is 0 Å². The van der Waals surface area contributed by atoms with Gasteiger partial charge in [0.05, 0.1) is 6.54 Å². The molecular weight excluding hydrogens is 314 g/mol. The molecule has 0 atom stereocenters. The molecule has 132 valence electrons. The highest BCUT2D eigenvalue weighted by Gasteiger charge is 2.32. The number of hydrogen-bond donors (Lipinski definition) is 1. The smallest absolute Gasteiger partial charge is 0.317 e. The highest BCUT2D eigenvalue weighted by atomic mass is 16.2. The summed E-state index contributed by atoms with van der Waals surface area (Å²) in [6.45, 7) is 4.87. The maximum absolute atomic E-state index is 12.4. The number of piperazine rings is 1. The molecule has 1 aromatic carbocycles. The first-order valence-corrected chi connectivity index (χ1v) is 9.10. The topological polar surface area (TPSA) is 53.4 Å². The number of amides is 2. The van der Waals surface area contributed by atoms with Crippen molar-refractivity contribution in [2.24, 2.45) is 0 Å². The van der Waals surface area contributed by atoms with Crippen molar-refractivity contribution >= 4 is 6.03 Å². The molecule has 2 fully saturated rings. The number of aromatic nitrogens is 2. The standard InChI is InChI=1S/C19H25N5O/c25-19(23-12-10-22(11-13-23)17-6-7-17)21-14-18-20-8-9-24(18)15-16-4-2-1-3-5-16/h1-5,8-9,17H,6-7,10-15H2,(H,21,25). The summed E-state index contributed by atoms with van der Waals surface area (Å²) in [5, 5.41) is 3.03. The van der Waals surface area contributed by atoms with Crippen molar-refractivity contribution in [2.45, 2.75) is 32.0 Å². The lowest BCUT2D eigenvalue weighted by atomic mass is 10.2. The van der Waals surface area contributed by atoms with Crippen LogP contribution in [0.4, 0.5) is 4.79 Å². The first-order chi connectivity index (χ1) is 12.3. The Morgan fingerprint density at radius 3 is 2.60 bits per heavy atom. The van der Waals surface area contributed by atoms with Gasteiger partial charge in [0.15, 0.2) is 0 Å². The Bertz CT molecular complexity index is 702. The van der Waals surface area contributed by atoms with E-state index in [1.165, 1.54) is 18.4 Å². The number of nitrogens with one attached hydrogen (secondary N) is 1. The van der Waals surface area contributed by atoms with Crippen LogP contribution in [0.5, 0.6) is 0 Å². The molecule has 0 spiro atoms. The van der Waals surface area contributed by atoms with Gasteiger partial charge in [-0.15, -0.1) is 0 Å². The van der Waals surface area contributed by atoms with E-state index < -0.39 is 0 Å². The Labute approximate surface area is 148 Å². The van der Waals surface area contributed by atoms with Gasteiger partial charge in [-0.3, -0.25) is 4.90 Å². The molecule has 6 heteroatoms. The number of carbonyl (C=O) groups is 1. The van der Waals surface area contributed by atoms with Crippen LogP contribution in [0.2, 0.25) is 0 Å². The number of urea groups is 1. The molecule has 0 bridgehead atoms. The van der Waals surface area contributed by atoms with Crippen molar-refractivity contribution in [1.29, 1.82) is 0 Å². The molecule has 1 aliphatic heterocycles. The Balaban J connectivity index is 1.28. The second kappa shape index (κ2) is 7.27. The van der Waals surface area contributed by atoms with Crippen molar-refractivity contribution < 1.29 is 4.79 Å². The zero-order chi connectivity index (χ0) is 17.1. The maximum atomic E-state index is 12.4. The predicted octanol–water partition coefficient (Wildman–Crippen LogP) is 1.92. The molecule has 0 unspecified atom stereocenters. The van der Waals surface area contributed by atoms with Crippen LogP contribution in [-0.2, 0) is 13.1 Å². The maximum Gasteiger partial charge on any atom is 0.317 e. The van der Waals surface area contributed by atoms with Crippen LogP contribution < -0.4 is 5.32 Å². The van der Waals surface area contributed by atoms with Crippen molar-refractivity contribution in [1.82, 2.24) is 24.7 Å². The van der Waals surface area contributed by atoms with E-state index >= 15 is 0 Å². The third-order valence-corrected chi connectivity index (χ3v) is 5.06. The van der Waals surface area contributed by atoms with Gasteiger partial charge in [0.1, 0.15) is 5.82 Å². The van der Waals surface area contributed by atoms with Crippen LogP contribution in [0.3, 0.4) is 0 Å². The molecule has 6 nitrogen and oxygen atoms in total. The largest absolute Gasteiger partial charge is 0.331 e. The number of hydrogen-bond acceptors (Lipinski definition) is 3. The van der Waals surface area contributed by atoms with Crippen LogP contribution in [0, 0.1) is 0 Å². The van der Waals surface area contributed by atoms with Gasteiger partial charge >= 0.3 is 6.03 Å². The molecule has 2 aromatic rings. The molecule has 1 saturated carbocycles. The molecule has 1 aliphatic carbocycles. The monoisotopic (exact) mass is 339 g/mol. The molecule has 1 saturated heterocycles. The zero-order valence-corrected chi connectivity index (χ0v) is 14.5. The van der Waals surface area contributed by atoms with E-state index in [1.54, 1.807) is 6.20 Å². The van der Waals surface area contributed by atoms with Gasteiger partial charge in [-0.2, -0.15) is 0 Å². The van der Waals surface area contributed by atoms with Crippen LogP contribution in [0.25, 0.3) is 0 Å². The average Bonchev–Trinajstić information content (AvgIpc) is 3.42. The summed E-state index contributed by atoms with van der Waals surface area (Å²) < 4.78 is 2.08. The highest BCUT2D eigenvalue weighted by Crippen LogP contribution is 2.27. The minimum absolute atomic E-state index is 0.0182. The second-order valence-corrected chi connectivity index (χ2v) is 6.87. The van der Waals surface area contributed by atoms with Crippen LogP contribution in [-0.4, -0.2) is 57.6 Å². The van der Waals surface area contributed by atoms with E-state index in [1.807, 2.05) is 29.3 Å². The molecule has 2 heterocycles. The summed E-state index contributed by atoms with van der Waals surface area (Å²) in [5.74, 6) is 0.883. The summed E-state index contributed by atoms with van der Waals surface area (Å²) in [4.78, 5) is 21.2. The fourth-order valence-corrected chi connectivity index (χ4v) is 3.43. The van der Waals surface area contributed by atoms with Gasteiger partial charge in [0.25, 0.3) is 0 Å². The van der Waals surface area contributed by atoms with E-state index in [0.717, 1.165) is 44.6 Å². The fourth-order valence-electron chi connectivity index (χ4n) is 3.43. The highest BCUT2D eigenvalue weighted by molar-refractivity contribution is 5.74. The lowest BCUT2D eigenvalue weighted by Crippen LogP contribution is -2.52. The fraction of sp³-hybridized carbons (Fsp3) is 0.474. The van der Waals surface area contributed by atoms with Gasteiger partial charge in [-0.05, 0) is 18.4 Å². The number of carbonyl (C=O) groups excluding carboxylic acids is 1. The molecular formula is C19H25N5O. The predicted molar refractivity (Wildman–Crippen MR) is 96.2 cm³/mol. The van der Waals surface area contributed by atoms with Crippen molar-refractivity contribution in [3.63, 3.8) is 0 Å². The SMILES string of the molecule is O=C(NCc1nccn1Cc1ccccc1)N1CCN(C2CC2)CC1. The quantitative estimate of drug-likeness (QED) is 0.905. The number of nitrogens with zero attached hydrogens (tertiary/aromatic N) is 4. The third kappa shape index (κ3) is 4.02. The minimum atomic E-state index is 0.0182. The summed E-state index contributed by atoms with van der Waals surface area (Å²) in [6, 6.07) is 11.1. The van der Waals surface area contributed by atoms with Crippen molar-refractivity contribution in [3.05, 3.63) is 54.1 Å². The third-order valence-electron chi connectivity index (χ3n) is 5.06. The Kier molecular flexibility index (Phi) is 4.70. The number of benzene rings is 1. The molecule has 2 aliphatic rings. The minimum Gasteiger partial charge on any atom is -0.331 e. The summed E-state index contributed by atoms with van der Waals surface area (Å²) in [6.07, 6.45) is 6.41. The lowest BCUT2D eigenvalue weighted by Gasteiger charge is -2.34. The van der Waals surface area contributed by atoms with Gasteiger partial charge < -0.3 is 14.8 Å². The lowest BCUT2D eigenvalue weighted by molar-refractivity contribution is 0.134. The van der Waals surface area contributed by atoms with Crippen LogP contribution >= 0.6 is 0 Å². The van der Waals surface area contributed by atoms with E-state index in [4.69, 9.17) is 0 Å². The number of rotatable bonds is 5. The Hall–Kier alpha value is -2.34. The Morgan fingerprint density at radius 1 is 1.12 bits per heavy atom. The van der Waals surface area contributed by atoms with Crippen LogP contribution in [0.15, 0.2) is 42.7 Å². The molecule has 1 N–H and O–H groups in total.